The van der Waals surface area contributed by atoms with Gasteiger partial charge in [0, 0.05) is 11.6 Å². The van der Waals surface area contributed by atoms with Crippen LogP contribution < -0.4 is 5.32 Å². The molecule has 0 aliphatic heterocycles. The minimum atomic E-state index is -1.68. The lowest BCUT2D eigenvalue weighted by molar-refractivity contribution is -0.119. The smallest absolute Gasteiger partial charge is 0.341 e. The Balaban J connectivity index is 2.17. The Labute approximate surface area is 108 Å². The highest BCUT2D eigenvalue weighted by atomic mass is 19.1. The van der Waals surface area contributed by atoms with Crippen LogP contribution in [0.5, 0.6) is 0 Å². The summed E-state index contributed by atoms with van der Waals surface area (Å²) in [6.07, 6.45) is 3.48. The molecule has 1 aromatic carbocycles. The van der Waals surface area contributed by atoms with Crippen LogP contribution in [0.4, 0.5) is 14.5 Å². The second kappa shape index (κ2) is 5.34. The molecule has 19 heavy (non-hydrogen) atoms. The van der Waals surface area contributed by atoms with E-state index in [-0.39, 0.29) is 17.5 Å². The van der Waals surface area contributed by atoms with E-state index < -0.39 is 23.2 Å². The lowest BCUT2D eigenvalue weighted by Gasteiger charge is -2.11. The second-order valence-electron chi connectivity index (χ2n) is 4.59. The van der Waals surface area contributed by atoms with Crippen molar-refractivity contribution in [2.75, 3.05) is 5.32 Å². The summed E-state index contributed by atoms with van der Waals surface area (Å²) in [5.74, 6) is -4.49. The monoisotopic (exact) mass is 269 g/mol. The number of carboxylic acid groups (broad SMARTS) is 1. The zero-order chi connectivity index (χ0) is 14.0. The molecule has 0 aromatic heterocycles. The van der Waals surface area contributed by atoms with E-state index in [1.54, 1.807) is 0 Å². The van der Waals surface area contributed by atoms with Gasteiger partial charge in [-0.05, 0) is 25.0 Å². The maximum atomic E-state index is 13.4. The standard InChI is InChI=1S/C13H13F2NO3/c14-9-5-8(6-10(15)11(9)13(18)19)16-12(17)7-3-1-2-4-7/h5-7H,1-4H2,(H,16,17)(H,18,19). The largest absolute Gasteiger partial charge is 0.477 e. The topological polar surface area (TPSA) is 66.4 Å². The number of anilines is 1. The van der Waals surface area contributed by atoms with Gasteiger partial charge >= 0.3 is 5.97 Å². The summed E-state index contributed by atoms with van der Waals surface area (Å²) in [4.78, 5) is 22.4. The van der Waals surface area contributed by atoms with Crippen LogP contribution in [0.1, 0.15) is 36.0 Å². The number of carbonyl (C=O) groups is 2. The van der Waals surface area contributed by atoms with Crippen LogP contribution in [0, 0.1) is 17.6 Å². The van der Waals surface area contributed by atoms with Crippen molar-refractivity contribution in [3.63, 3.8) is 0 Å². The van der Waals surface area contributed by atoms with Gasteiger partial charge in [-0.25, -0.2) is 13.6 Å². The van der Waals surface area contributed by atoms with Crippen molar-refractivity contribution in [1.29, 1.82) is 0 Å². The van der Waals surface area contributed by atoms with E-state index in [0.29, 0.717) is 0 Å². The van der Waals surface area contributed by atoms with Crippen LogP contribution in [-0.2, 0) is 4.79 Å². The van der Waals surface area contributed by atoms with E-state index in [1.807, 2.05) is 0 Å². The highest BCUT2D eigenvalue weighted by molar-refractivity contribution is 5.94. The number of aromatic carboxylic acids is 1. The minimum Gasteiger partial charge on any atom is -0.477 e. The molecule has 0 heterocycles. The first-order valence-electron chi connectivity index (χ1n) is 6.02. The molecule has 0 radical (unpaired) electrons. The molecule has 102 valence electrons. The van der Waals surface area contributed by atoms with E-state index in [1.165, 1.54) is 0 Å². The van der Waals surface area contributed by atoms with Crippen LogP contribution in [0.3, 0.4) is 0 Å². The number of carbonyl (C=O) groups excluding carboxylic acids is 1. The molecule has 0 saturated heterocycles. The Morgan fingerprint density at radius 1 is 1.16 bits per heavy atom. The Bertz CT molecular complexity index is 502. The van der Waals surface area contributed by atoms with Gasteiger partial charge in [-0.2, -0.15) is 0 Å². The van der Waals surface area contributed by atoms with Gasteiger partial charge in [0.05, 0.1) is 0 Å². The number of rotatable bonds is 3. The summed E-state index contributed by atoms with van der Waals surface area (Å²) in [5.41, 5.74) is -1.07. The summed E-state index contributed by atoms with van der Waals surface area (Å²) in [7, 11) is 0. The fourth-order valence-corrected chi connectivity index (χ4v) is 2.28. The van der Waals surface area contributed by atoms with Gasteiger partial charge < -0.3 is 10.4 Å². The number of halogens is 2. The van der Waals surface area contributed by atoms with E-state index in [4.69, 9.17) is 5.11 Å². The van der Waals surface area contributed by atoms with Crippen molar-refractivity contribution in [2.24, 2.45) is 5.92 Å². The first kappa shape index (κ1) is 13.5. The summed E-state index contributed by atoms with van der Waals surface area (Å²) in [6, 6.07) is 1.64. The van der Waals surface area contributed by atoms with Crippen LogP contribution in [0.15, 0.2) is 12.1 Å². The summed E-state index contributed by atoms with van der Waals surface area (Å²) in [5, 5.41) is 11.0. The van der Waals surface area contributed by atoms with Crippen LogP contribution in [0.2, 0.25) is 0 Å². The summed E-state index contributed by atoms with van der Waals surface area (Å²) in [6.45, 7) is 0. The van der Waals surface area contributed by atoms with E-state index in [2.05, 4.69) is 5.32 Å². The molecular formula is C13H13F2NO3. The number of carboxylic acids is 1. The maximum absolute atomic E-state index is 13.4. The van der Waals surface area contributed by atoms with E-state index in [9.17, 15) is 18.4 Å². The number of amides is 1. The summed E-state index contributed by atoms with van der Waals surface area (Å²) < 4.78 is 26.8. The van der Waals surface area contributed by atoms with Gasteiger partial charge in [0.25, 0.3) is 0 Å². The highest BCUT2D eigenvalue weighted by Gasteiger charge is 2.24. The molecule has 1 aromatic rings. The van der Waals surface area contributed by atoms with Crippen LogP contribution >= 0.6 is 0 Å². The third-order valence-corrected chi connectivity index (χ3v) is 3.25. The third-order valence-electron chi connectivity index (χ3n) is 3.25. The molecule has 0 bridgehead atoms. The lowest BCUT2D eigenvalue weighted by Crippen LogP contribution is -2.20. The molecule has 1 amide bonds. The number of hydrogen-bond donors (Lipinski definition) is 2. The number of hydrogen-bond acceptors (Lipinski definition) is 2. The average molecular weight is 269 g/mol. The predicted octanol–water partition coefficient (Wildman–Crippen LogP) is 2.79. The van der Waals surface area contributed by atoms with Crippen molar-refractivity contribution in [3.8, 4) is 0 Å². The van der Waals surface area contributed by atoms with E-state index in [0.717, 1.165) is 37.8 Å². The molecule has 1 aliphatic rings. The average Bonchev–Trinajstić information content (AvgIpc) is 2.80. The fraction of sp³-hybridized carbons (Fsp3) is 0.385. The molecule has 1 saturated carbocycles. The van der Waals surface area contributed by atoms with Crippen molar-refractivity contribution in [2.45, 2.75) is 25.7 Å². The Kier molecular flexibility index (Phi) is 3.78. The number of nitrogens with one attached hydrogen (secondary N) is 1. The molecule has 0 atom stereocenters. The van der Waals surface area contributed by atoms with Gasteiger partial charge in [-0.15, -0.1) is 0 Å². The predicted molar refractivity (Wildman–Crippen MR) is 63.9 cm³/mol. The van der Waals surface area contributed by atoms with Gasteiger partial charge in [0.1, 0.15) is 17.2 Å². The van der Waals surface area contributed by atoms with Crippen molar-refractivity contribution < 1.29 is 23.5 Å². The lowest BCUT2D eigenvalue weighted by atomic mass is 10.1. The zero-order valence-corrected chi connectivity index (χ0v) is 10.1. The molecule has 0 unspecified atom stereocenters. The molecule has 2 N–H and O–H groups in total. The highest BCUT2D eigenvalue weighted by Crippen LogP contribution is 2.26. The molecule has 1 aliphatic carbocycles. The number of benzene rings is 1. The van der Waals surface area contributed by atoms with Crippen molar-refractivity contribution in [3.05, 3.63) is 29.3 Å². The second-order valence-corrected chi connectivity index (χ2v) is 4.59. The summed E-state index contributed by atoms with van der Waals surface area (Å²) >= 11 is 0. The Morgan fingerprint density at radius 2 is 1.68 bits per heavy atom. The zero-order valence-electron chi connectivity index (χ0n) is 10.1. The van der Waals surface area contributed by atoms with Gasteiger partial charge in [-0.3, -0.25) is 4.79 Å². The first-order valence-corrected chi connectivity index (χ1v) is 6.02. The molecule has 1 fully saturated rings. The van der Waals surface area contributed by atoms with Crippen molar-refractivity contribution >= 4 is 17.6 Å². The van der Waals surface area contributed by atoms with Crippen LogP contribution in [0.25, 0.3) is 0 Å². The minimum absolute atomic E-state index is 0.0584. The van der Waals surface area contributed by atoms with Gasteiger partial charge in [-0.1, -0.05) is 12.8 Å². The third kappa shape index (κ3) is 2.89. The van der Waals surface area contributed by atoms with Gasteiger partial charge in [0.2, 0.25) is 5.91 Å². The molecule has 0 spiro atoms. The fourth-order valence-electron chi connectivity index (χ4n) is 2.28. The molecule has 4 nitrogen and oxygen atoms in total. The normalized spacial score (nSPS) is 15.5. The first-order chi connectivity index (χ1) is 8.99. The van der Waals surface area contributed by atoms with Gasteiger partial charge in [0.15, 0.2) is 0 Å². The Morgan fingerprint density at radius 3 is 2.16 bits per heavy atom. The molecule has 2 rings (SSSR count). The molecule has 6 heteroatoms. The molecular weight excluding hydrogens is 256 g/mol. The van der Waals surface area contributed by atoms with Crippen LogP contribution in [-0.4, -0.2) is 17.0 Å². The van der Waals surface area contributed by atoms with Crippen molar-refractivity contribution in [1.82, 2.24) is 0 Å². The van der Waals surface area contributed by atoms with E-state index >= 15 is 0 Å². The Hall–Kier alpha value is -1.98. The maximum Gasteiger partial charge on any atom is 0.341 e. The SMILES string of the molecule is O=C(O)c1c(F)cc(NC(=O)C2CCCC2)cc1F. The quantitative estimate of drug-likeness (QED) is 0.886.